The van der Waals surface area contributed by atoms with E-state index in [9.17, 15) is 0 Å². The highest BCUT2D eigenvalue weighted by molar-refractivity contribution is 5.70. The highest BCUT2D eigenvalue weighted by Crippen LogP contribution is 2.42. The molecule has 0 amide bonds. The van der Waals surface area contributed by atoms with Crippen molar-refractivity contribution in [2.24, 2.45) is 7.05 Å². The monoisotopic (exact) mass is 362 g/mol. The predicted molar refractivity (Wildman–Crippen MR) is 109 cm³/mol. The maximum atomic E-state index is 6.22. The van der Waals surface area contributed by atoms with E-state index in [1.54, 1.807) is 0 Å². The number of hydrogen-bond acceptors (Lipinski definition) is 3. The van der Waals surface area contributed by atoms with E-state index in [1.165, 1.54) is 11.1 Å². The number of benzene rings is 2. The first kappa shape index (κ1) is 17.7. The lowest BCUT2D eigenvalue weighted by Crippen LogP contribution is -2.57. The first-order valence-corrected chi connectivity index (χ1v) is 9.45. The lowest BCUT2D eigenvalue weighted by atomic mass is 9.87. The largest absolute Gasteiger partial charge is 0.463 e. The summed E-state index contributed by atoms with van der Waals surface area (Å²) in [6.07, 6.45) is 4.30. The molecule has 3 aromatic rings. The Labute approximate surface area is 161 Å². The zero-order valence-corrected chi connectivity index (χ0v) is 17.0. The summed E-state index contributed by atoms with van der Waals surface area (Å²) in [5.41, 5.74) is 4.18. The molecule has 27 heavy (non-hydrogen) atoms. The van der Waals surface area contributed by atoms with Gasteiger partial charge in [-0.15, -0.1) is 0 Å². The SMILES string of the molecule is Cc1ccccc1C(C)(C)N1C=CN(c2oc3ccccc3[n+]2C)C1(C)C. The van der Waals surface area contributed by atoms with Crippen molar-refractivity contribution in [2.75, 3.05) is 4.90 Å². The number of nitrogens with zero attached hydrogens (tertiary/aromatic N) is 3. The van der Waals surface area contributed by atoms with E-state index in [1.807, 2.05) is 18.2 Å². The fourth-order valence-electron chi connectivity index (χ4n) is 4.47. The third-order valence-corrected chi connectivity index (χ3v) is 5.87. The number of aryl methyl sites for hydroxylation is 2. The zero-order valence-electron chi connectivity index (χ0n) is 17.0. The molecule has 1 aliphatic heterocycles. The molecule has 0 atom stereocenters. The van der Waals surface area contributed by atoms with Crippen molar-refractivity contribution in [2.45, 2.75) is 45.8 Å². The van der Waals surface area contributed by atoms with Gasteiger partial charge in [0.1, 0.15) is 6.20 Å². The van der Waals surface area contributed by atoms with Crippen molar-refractivity contribution in [3.8, 4) is 0 Å². The normalized spacial score (nSPS) is 16.5. The fraction of sp³-hybridized carbons (Fsp3) is 0.348. The van der Waals surface area contributed by atoms with Gasteiger partial charge < -0.3 is 9.32 Å². The van der Waals surface area contributed by atoms with Gasteiger partial charge in [0, 0.05) is 6.20 Å². The van der Waals surface area contributed by atoms with Gasteiger partial charge in [-0.1, -0.05) is 36.4 Å². The molecule has 4 nitrogen and oxygen atoms in total. The van der Waals surface area contributed by atoms with Gasteiger partial charge in [0.25, 0.3) is 0 Å². The van der Waals surface area contributed by atoms with Crippen LogP contribution in [0.1, 0.15) is 38.8 Å². The Morgan fingerprint density at radius 3 is 2.33 bits per heavy atom. The van der Waals surface area contributed by atoms with Crippen LogP contribution in [0.15, 0.2) is 65.3 Å². The van der Waals surface area contributed by atoms with E-state index in [0.717, 1.165) is 17.1 Å². The second-order valence-electron chi connectivity index (χ2n) is 8.32. The molecule has 1 aromatic heterocycles. The Morgan fingerprint density at radius 1 is 0.963 bits per heavy atom. The van der Waals surface area contributed by atoms with Crippen LogP contribution in [0, 0.1) is 6.92 Å². The summed E-state index contributed by atoms with van der Waals surface area (Å²) in [6.45, 7) is 11.2. The number of fused-ring (bicyclic) bond motifs is 1. The van der Waals surface area contributed by atoms with E-state index in [-0.39, 0.29) is 11.2 Å². The van der Waals surface area contributed by atoms with Crippen molar-refractivity contribution in [1.82, 2.24) is 4.90 Å². The van der Waals surface area contributed by atoms with Crippen LogP contribution in [0.25, 0.3) is 11.1 Å². The van der Waals surface area contributed by atoms with Gasteiger partial charge in [-0.3, -0.25) is 0 Å². The average Bonchev–Trinajstić information content (AvgIpc) is 3.12. The van der Waals surface area contributed by atoms with Crippen LogP contribution >= 0.6 is 0 Å². The third kappa shape index (κ3) is 2.54. The molecule has 0 spiro atoms. The minimum atomic E-state index is -0.280. The summed E-state index contributed by atoms with van der Waals surface area (Å²) in [6, 6.07) is 17.6. The molecule has 0 saturated carbocycles. The van der Waals surface area contributed by atoms with Gasteiger partial charge in [0.05, 0.1) is 12.6 Å². The van der Waals surface area contributed by atoms with Crippen molar-refractivity contribution < 1.29 is 8.98 Å². The third-order valence-electron chi connectivity index (χ3n) is 5.87. The maximum absolute atomic E-state index is 6.22. The van der Waals surface area contributed by atoms with Crippen LogP contribution in [-0.2, 0) is 12.6 Å². The van der Waals surface area contributed by atoms with Crippen molar-refractivity contribution in [3.63, 3.8) is 0 Å². The fourth-order valence-corrected chi connectivity index (χ4v) is 4.47. The molecule has 2 heterocycles. The minimum absolute atomic E-state index is 0.162. The predicted octanol–water partition coefficient (Wildman–Crippen LogP) is 4.83. The molecule has 0 fully saturated rings. The maximum Gasteiger partial charge on any atom is 0.463 e. The van der Waals surface area contributed by atoms with Crippen LogP contribution < -0.4 is 9.47 Å². The molecule has 0 unspecified atom stereocenters. The van der Waals surface area contributed by atoms with E-state index in [4.69, 9.17) is 4.42 Å². The zero-order chi connectivity index (χ0) is 19.4. The first-order chi connectivity index (χ1) is 12.7. The topological polar surface area (TPSA) is 23.5 Å². The van der Waals surface area contributed by atoms with Gasteiger partial charge in [0.15, 0.2) is 16.8 Å². The molecule has 1 aliphatic rings. The summed E-state index contributed by atoms with van der Waals surface area (Å²) in [5.74, 6) is 0. The van der Waals surface area contributed by atoms with Crippen LogP contribution in [0.5, 0.6) is 0 Å². The van der Waals surface area contributed by atoms with Gasteiger partial charge >= 0.3 is 6.01 Å². The smallest absolute Gasteiger partial charge is 0.387 e. The number of oxazole rings is 1. The Kier molecular flexibility index (Phi) is 3.84. The Bertz CT molecular complexity index is 1030. The van der Waals surface area contributed by atoms with E-state index in [2.05, 4.69) is 98.8 Å². The average molecular weight is 362 g/mol. The Morgan fingerprint density at radius 2 is 1.63 bits per heavy atom. The summed E-state index contributed by atoms with van der Waals surface area (Å²) in [4.78, 5) is 4.63. The number of aromatic nitrogens is 1. The standard InChI is InChI=1S/C23H28N3O/c1-17-11-7-8-12-18(17)22(2,3)26-16-15-25(23(26,4)5)21-24(6)19-13-9-10-14-20(19)27-21/h7-16H,1-6H3/q+1. The van der Waals surface area contributed by atoms with Gasteiger partial charge in [-0.25, -0.2) is 0 Å². The molecule has 0 N–H and O–H groups in total. The van der Waals surface area contributed by atoms with Crippen LogP contribution in [-0.4, -0.2) is 10.6 Å². The van der Waals surface area contributed by atoms with E-state index in [0.29, 0.717) is 0 Å². The highest BCUT2D eigenvalue weighted by Gasteiger charge is 2.50. The molecule has 4 rings (SSSR count). The van der Waals surface area contributed by atoms with E-state index < -0.39 is 0 Å². The van der Waals surface area contributed by atoms with Crippen molar-refractivity contribution >= 4 is 17.1 Å². The summed E-state index contributed by atoms with van der Waals surface area (Å²) >= 11 is 0. The number of para-hydroxylation sites is 2. The summed E-state index contributed by atoms with van der Waals surface area (Å²) in [7, 11) is 2.06. The number of hydrogen-bond donors (Lipinski definition) is 0. The molecule has 0 saturated heterocycles. The van der Waals surface area contributed by atoms with Crippen LogP contribution in [0.3, 0.4) is 0 Å². The minimum Gasteiger partial charge on any atom is -0.387 e. The number of anilines is 1. The molecule has 2 aromatic carbocycles. The Balaban J connectivity index is 1.76. The quantitative estimate of drug-likeness (QED) is 0.624. The molecule has 4 heteroatoms. The van der Waals surface area contributed by atoms with Crippen molar-refractivity contribution in [3.05, 3.63) is 72.1 Å². The molecule has 140 valence electrons. The van der Waals surface area contributed by atoms with Crippen LogP contribution in [0.2, 0.25) is 0 Å². The molecular formula is C23H28N3O+. The molecular weight excluding hydrogens is 334 g/mol. The molecule has 0 aliphatic carbocycles. The second kappa shape index (κ2) is 5.88. The van der Waals surface area contributed by atoms with Gasteiger partial charge in [-0.05, 0) is 57.9 Å². The van der Waals surface area contributed by atoms with Crippen molar-refractivity contribution in [1.29, 1.82) is 0 Å². The lowest BCUT2D eigenvalue weighted by Gasteiger charge is -2.45. The molecule has 0 bridgehead atoms. The number of rotatable bonds is 3. The summed E-state index contributed by atoms with van der Waals surface area (Å²) < 4.78 is 8.34. The first-order valence-electron chi connectivity index (χ1n) is 9.45. The lowest BCUT2D eigenvalue weighted by molar-refractivity contribution is -0.636. The molecule has 0 radical (unpaired) electrons. The Hall–Kier alpha value is -2.75. The van der Waals surface area contributed by atoms with Gasteiger partial charge in [-0.2, -0.15) is 9.47 Å². The van der Waals surface area contributed by atoms with Crippen LogP contribution in [0.4, 0.5) is 6.01 Å². The summed E-state index contributed by atoms with van der Waals surface area (Å²) in [5, 5.41) is 0. The van der Waals surface area contributed by atoms with Gasteiger partial charge in [0.2, 0.25) is 0 Å². The highest BCUT2D eigenvalue weighted by atomic mass is 16.4. The second-order valence-corrected chi connectivity index (χ2v) is 8.32. The van der Waals surface area contributed by atoms with E-state index >= 15 is 0 Å².